The third kappa shape index (κ3) is 3.38. The average molecular weight is 275 g/mol. The normalized spacial score (nSPS) is 9.90. The molecule has 0 saturated carbocycles. The zero-order chi connectivity index (χ0) is 14.5. The van der Waals surface area contributed by atoms with Crippen molar-refractivity contribution in [3.8, 4) is 5.75 Å². The second-order valence-electron chi connectivity index (χ2n) is 4.04. The van der Waals surface area contributed by atoms with E-state index in [-0.39, 0.29) is 5.82 Å². The van der Waals surface area contributed by atoms with Gasteiger partial charge in [0.2, 0.25) is 0 Å². The summed E-state index contributed by atoms with van der Waals surface area (Å²) >= 11 is 0. The number of carbonyl (C=O) groups excluding carboxylic acids is 1. The van der Waals surface area contributed by atoms with Gasteiger partial charge in [-0.1, -0.05) is 0 Å². The van der Waals surface area contributed by atoms with Crippen molar-refractivity contribution in [1.29, 1.82) is 0 Å². The van der Waals surface area contributed by atoms with Crippen LogP contribution in [0.2, 0.25) is 0 Å². The first-order valence-corrected chi connectivity index (χ1v) is 5.85. The van der Waals surface area contributed by atoms with Gasteiger partial charge in [0, 0.05) is 11.4 Å². The molecule has 0 fully saturated rings. The van der Waals surface area contributed by atoms with Crippen LogP contribution in [-0.4, -0.2) is 13.1 Å². The molecule has 104 valence electrons. The lowest BCUT2D eigenvalue weighted by Gasteiger charge is -2.10. The van der Waals surface area contributed by atoms with Crippen LogP contribution in [0.4, 0.5) is 26.2 Å². The number of urea groups is 1. The summed E-state index contributed by atoms with van der Waals surface area (Å²) < 4.78 is 17.8. The average Bonchev–Trinajstić information content (AvgIpc) is 2.41. The summed E-state index contributed by atoms with van der Waals surface area (Å²) in [6.45, 7) is 0. The van der Waals surface area contributed by atoms with E-state index in [1.54, 1.807) is 18.2 Å². The van der Waals surface area contributed by atoms with Gasteiger partial charge in [0.05, 0.1) is 12.8 Å². The van der Waals surface area contributed by atoms with Gasteiger partial charge in [-0.25, -0.2) is 9.18 Å². The Labute approximate surface area is 115 Å². The molecule has 0 aliphatic heterocycles. The molecule has 4 N–H and O–H groups in total. The topological polar surface area (TPSA) is 76.4 Å². The van der Waals surface area contributed by atoms with Gasteiger partial charge >= 0.3 is 6.03 Å². The van der Waals surface area contributed by atoms with E-state index in [0.29, 0.717) is 22.8 Å². The number of halogens is 1. The molecule has 2 amide bonds. The molecular weight excluding hydrogens is 261 g/mol. The molecule has 20 heavy (non-hydrogen) atoms. The maximum Gasteiger partial charge on any atom is 0.323 e. The SMILES string of the molecule is COc1ccc(NC(=O)Nc2ccc(F)cc2)cc1N. The molecule has 0 saturated heterocycles. The van der Waals surface area contributed by atoms with Crippen LogP contribution in [-0.2, 0) is 0 Å². The standard InChI is InChI=1S/C14H14FN3O2/c1-20-13-7-6-11(8-12(13)16)18-14(19)17-10-4-2-9(15)3-5-10/h2-8H,16H2,1H3,(H2,17,18,19). The molecule has 0 bridgehead atoms. The minimum Gasteiger partial charge on any atom is -0.495 e. The van der Waals surface area contributed by atoms with Crippen molar-refractivity contribution in [2.75, 3.05) is 23.5 Å². The maximum atomic E-state index is 12.7. The lowest BCUT2D eigenvalue weighted by molar-refractivity contribution is 0.262. The molecule has 0 aliphatic carbocycles. The second-order valence-corrected chi connectivity index (χ2v) is 4.04. The molecule has 0 heterocycles. The number of amides is 2. The second kappa shape index (κ2) is 5.92. The van der Waals surface area contributed by atoms with Crippen LogP contribution in [0.15, 0.2) is 42.5 Å². The van der Waals surface area contributed by atoms with E-state index in [1.807, 2.05) is 0 Å². The predicted molar refractivity (Wildman–Crippen MR) is 76.4 cm³/mol. The van der Waals surface area contributed by atoms with E-state index in [0.717, 1.165) is 0 Å². The Morgan fingerprint density at radius 1 is 1.10 bits per heavy atom. The molecule has 0 radical (unpaired) electrons. The summed E-state index contributed by atoms with van der Waals surface area (Å²) in [4.78, 5) is 11.7. The van der Waals surface area contributed by atoms with Crippen molar-refractivity contribution in [3.63, 3.8) is 0 Å². The molecule has 0 aromatic heterocycles. The largest absolute Gasteiger partial charge is 0.495 e. The summed E-state index contributed by atoms with van der Waals surface area (Å²) in [6.07, 6.45) is 0. The first-order valence-electron chi connectivity index (χ1n) is 5.85. The van der Waals surface area contributed by atoms with Gasteiger partial charge in [-0.2, -0.15) is 0 Å². The molecule has 0 spiro atoms. The summed E-state index contributed by atoms with van der Waals surface area (Å²) in [5, 5.41) is 5.19. The van der Waals surface area contributed by atoms with Crippen molar-refractivity contribution in [2.45, 2.75) is 0 Å². The third-order valence-corrected chi connectivity index (χ3v) is 2.59. The first-order chi connectivity index (χ1) is 9.58. The van der Waals surface area contributed by atoms with Gasteiger partial charge in [-0.15, -0.1) is 0 Å². The third-order valence-electron chi connectivity index (χ3n) is 2.59. The van der Waals surface area contributed by atoms with E-state index >= 15 is 0 Å². The van der Waals surface area contributed by atoms with Gasteiger partial charge < -0.3 is 21.1 Å². The van der Waals surface area contributed by atoms with Crippen molar-refractivity contribution in [1.82, 2.24) is 0 Å². The molecule has 0 unspecified atom stereocenters. The highest BCUT2D eigenvalue weighted by Crippen LogP contribution is 2.24. The highest BCUT2D eigenvalue weighted by atomic mass is 19.1. The lowest BCUT2D eigenvalue weighted by Crippen LogP contribution is -2.19. The number of rotatable bonds is 3. The summed E-state index contributed by atoms with van der Waals surface area (Å²) in [6, 6.07) is 9.93. The van der Waals surface area contributed by atoms with E-state index in [1.165, 1.54) is 31.4 Å². The van der Waals surface area contributed by atoms with E-state index in [9.17, 15) is 9.18 Å². The van der Waals surface area contributed by atoms with Gasteiger partial charge in [0.25, 0.3) is 0 Å². The van der Waals surface area contributed by atoms with E-state index in [4.69, 9.17) is 10.5 Å². The first kappa shape index (κ1) is 13.7. The van der Waals surface area contributed by atoms with Gasteiger partial charge in [-0.05, 0) is 42.5 Å². The highest BCUT2D eigenvalue weighted by molar-refractivity contribution is 6.00. The van der Waals surface area contributed by atoms with E-state index in [2.05, 4.69) is 10.6 Å². The monoisotopic (exact) mass is 275 g/mol. The Bertz CT molecular complexity index is 614. The smallest absolute Gasteiger partial charge is 0.323 e. The van der Waals surface area contributed by atoms with Gasteiger partial charge in [0.1, 0.15) is 11.6 Å². The van der Waals surface area contributed by atoms with Crippen LogP contribution in [0, 0.1) is 5.82 Å². The Kier molecular flexibility index (Phi) is 4.05. The zero-order valence-electron chi connectivity index (χ0n) is 10.8. The molecule has 2 aromatic carbocycles. The van der Waals surface area contributed by atoms with Crippen LogP contribution in [0.5, 0.6) is 5.75 Å². The van der Waals surface area contributed by atoms with Crippen LogP contribution in [0.25, 0.3) is 0 Å². The van der Waals surface area contributed by atoms with Crippen LogP contribution in [0.3, 0.4) is 0 Å². The summed E-state index contributed by atoms with van der Waals surface area (Å²) in [5.41, 5.74) is 7.18. The molecule has 5 nitrogen and oxygen atoms in total. The molecular formula is C14H14FN3O2. The number of benzene rings is 2. The number of anilines is 3. The van der Waals surface area contributed by atoms with Crippen LogP contribution >= 0.6 is 0 Å². The van der Waals surface area contributed by atoms with Crippen molar-refractivity contribution in [2.24, 2.45) is 0 Å². The number of carbonyl (C=O) groups is 1. The van der Waals surface area contributed by atoms with Gasteiger partial charge in [0.15, 0.2) is 0 Å². The number of hydrogen-bond donors (Lipinski definition) is 3. The summed E-state index contributed by atoms with van der Waals surface area (Å²) in [5.74, 6) is 0.174. The lowest BCUT2D eigenvalue weighted by atomic mass is 10.2. The maximum absolute atomic E-state index is 12.7. The van der Waals surface area contributed by atoms with Crippen LogP contribution in [0.1, 0.15) is 0 Å². The Balaban J connectivity index is 2.01. The quantitative estimate of drug-likeness (QED) is 0.753. The van der Waals surface area contributed by atoms with Crippen molar-refractivity contribution < 1.29 is 13.9 Å². The number of nitrogens with one attached hydrogen (secondary N) is 2. The molecule has 2 rings (SSSR count). The fraction of sp³-hybridized carbons (Fsp3) is 0.0714. The van der Waals surface area contributed by atoms with E-state index < -0.39 is 6.03 Å². The minimum absolute atomic E-state index is 0.362. The Hall–Kier alpha value is -2.76. The fourth-order valence-electron chi connectivity index (χ4n) is 1.64. The Morgan fingerprint density at radius 2 is 1.70 bits per heavy atom. The highest BCUT2D eigenvalue weighted by Gasteiger charge is 2.05. The molecule has 0 atom stereocenters. The van der Waals surface area contributed by atoms with Crippen LogP contribution < -0.4 is 21.1 Å². The fourth-order valence-corrected chi connectivity index (χ4v) is 1.64. The molecule has 2 aromatic rings. The molecule has 6 heteroatoms. The van der Waals surface area contributed by atoms with Crippen molar-refractivity contribution in [3.05, 3.63) is 48.3 Å². The number of nitrogens with two attached hydrogens (primary N) is 1. The van der Waals surface area contributed by atoms with Gasteiger partial charge in [-0.3, -0.25) is 0 Å². The molecule has 0 aliphatic rings. The number of methoxy groups -OCH3 is 1. The van der Waals surface area contributed by atoms with Crippen molar-refractivity contribution >= 4 is 23.1 Å². The predicted octanol–water partition coefficient (Wildman–Crippen LogP) is 3.06. The Morgan fingerprint density at radius 3 is 2.30 bits per heavy atom. The number of hydrogen-bond acceptors (Lipinski definition) is 3. The zero-order valence-corrected chi connectivity index (χ0v) is 10.8. The number of ether oxygens (including phenoxy) is 1. The summed E-state index contributed by atoms with van der Waals surface area (Å²) in [7, 11) is 1.51. The minimum atomic E-state index is -0.443. The number of nitrogen functional groups attached to an aromatic ring is 1.